The van der Waals surface area contributed by atoms with Gasteiger partial charge in [0.1, 0.15) is 23.9 Å². The Morgan fingerprint density at radius 1 is 1.07 bits per heavy atom. The van der Waals surface area contributed by atoms with Gasteiger partial charge in [0.05, 0.1) is 12.1 Å². The lowest BCUT2D eigenvalue weighted by Gasteiger charge is -2.39. The number of carbonyl (C=O) groups excluding carboxylic acids is 5. The Morgan fingerprint density at radius 2 is 1.73 bits per heavy atom. The minimum Gasteiger partial charge on any atom is -0.370 e. The third-order valence-corrected chi connectivity index (χ3v) is 8.75. The first-order valence-electron chi connectivity index (χ1n) is 15.3. The van der Waals surface area contributed by atoms with E-state index < -0.39 is 59.3 Å². The SMILES string of the molecule is CC(C)CC[C@@H]1NC(=O)[C@@H]2CCCN2[C@H](C(=O)NC(C)(C)C)[C@H](CSc2cccc(F)c2)NC(=O)[C@H](CCC(N)=O)NC1=O. The molecular formula is C31H47FN6O5S. The molecule has 0 radical (unpaired) electrons. The molecular weight excluding hydrogens is 587 g/mol. The third-order valence-electron chi connectivity index (χ3n) is 7.63. The van der Waals surface area contributed by atoms with Crippen molar-refractivity contribution in [3.63, 3.8) is 0 Å². The summed E-state index contributed by atoms with van der Waals surface area (Å²) in [6, 6.07) is 1.44. The summed E-state index contributed by atoms with van der Waals surface area (Å²) in [7, 11) is 0. The first-order chi connectivity index (χ1) is 20.6. The van der Waals surface area contributed by atoms with Gasteiger partial charge in [-0.15, -0.1) is 11.8 Å². The molecule has 44 heavy (non-hydrogen) atoms. The minimum absolute atomic E-state index is 0.0628. The molecule has 3 rings (SSSR count). The molecule has 13 heteroatoms. The molecule has 1 aromatic carbocycles. The Balaban J connectivity index is 2.07. The number of benzene rings is 1. The van der Waals surface area contributed by atoms with Gasteiger partial charge in [-0.25, -0.2) is 4.39 Å². The quantitative estimate of drug-likeness (QED) is 0.245. The van der Waals surface area contributed by atoms with Gasteiger partial charge in [0, 0.05) is 22.6 Å². The molecule has 0 bridgehead atoms. The van der Waals surface area contributed by atoms with Crippen molar-refractivity contribution < 1.29 is 28.4 Å². The molecule has 2 fully saturated rings. The number of nitrogens with zero attached hydrogens (tertiary/aromatic N) is 1. The van der Waals surface area contributed by atoms with Crippen molar-refractivity contribution in [2.24, 2.45) is 11.7 Å². The normalized spacial score (nSPS) is 25.2. The highest BCUT2D eigenvalue weighted by Gasteiger charge is 2.45. The highest BCUT2D eigenvalue weighted by Crippen LogP contribution is 2.27. The fourth-order valence-corrected chi connectivity index (χ4v) is 6.52. The first kappa shape index (κ1) is 35.3. The number of fused-ring (bicyclic) bond motifs is 1. The molecule has 6 N–H and O–H groups in total. The zero-order chi connectivity index (χ0) is 32.6. The third kappa shape index (κ3) is 10.5. The van der Waals surface area contributed by atoms with E-state index in [1.165, 1.54) is 23.9 Å². The summed E-state index contributed by atoms with van der Waals surface area (Å²) in [5.41, 5.74) is 4.78. The van der Waals surface area contributed by atoms with Crippen molar-refractivity contribution in [2.75, 3.05) is 12.3 Å². The fourth-order valence-electron chi connectivity index (χ4n) is 5.51. The number of rotatable bonds is 10. The smallest absolute Gasteiger partial charge is 0.243 e. The average molecular weight is 635 g/mol. The van der Waals surface area contributed by atoms with Gasteiger partial charge in [-0.1, -0.05) is 19.9 Å². The highest BCUT2D eigenvalue weighted by molar-refractivity contribution is 7.99. The number of amides is 5. The van der Waals surface area contributed by atoms with Crippen LogP contribution in [0.3, 0.4) is 0 Å². The van der Waals surface area contributed by atoms with Gasteiger partial charge in [-0.3, -0.25) is 28.9 Å². The Kier molecular flexibility index (Phi) is 12.6. The van der Waals surface area contributed by atoms with Crippen molar-refractivity contribution >= 4 is 41.3 Å². The Labute approximate surface area is 263 Å². The molecule has 5 amide bonds. The van der Waals surface area contributed by atoms with Crippen molar-refractivity contribution in [1.82, 2.24) is 26.2 Å². The Bertz CT molecular complexity index is 1210. The van der Waals surface area contributed by atoms with Crippen LogP contribution in [0.4, 0.5) is 4.39 Å². The van der Waals surface area contributed by atoms with E-state index in [4.69, 9.17) is 5.73 Å². The van der Waals surface area contributed by atoms with E-state index in [9.17, 15) is 28.4 Å². The molecule has 2 saturated heterocycles. The molecule has 2 heterocycles. The van der Waals surface area contributed by atoms with Gasteiger partial charge in [0.25, 0.3) is 0 Å². The Hall–Kier alpha value is -3.19. The number of halogens is 1. The van der Waals surface area contributed by atoms with Gasteiger partial charge in [0.15, 0.2) is 0 Å². The van der Waals surface area contributed by atoms with Gasteiger partial charge < -0.3 is 27.0 Å². The summed E-state index contributed by atoms with van der Waals surface area (Å²) in [6.45, 7) is 9.98. The van der Waals surface area contributed by atoms with E-state index in [1.807, 2.05) is 39.5 Å². The van der Waals surface area contributed by atoms with Crippen LogP contribution in [0.1, 0.15) is 73.1 Å². The predicted molar refractivity (Wildman–Crippen MR) is 167 cm³/mol. The topological polar surface area (TPSA) is 163 Å². The molecule has 244 valence electrons. The van der Waals surface area contributed by atoms with E-state index in [0.29, 0.717) is 37.1 Å². The molecule has 0 aliphatic carbocycles. The number of thioether (sulfide) groups is 1. The maximum Gasteiger partial charge on any atom is 0.243 e. The minimum atomic E-state index is -1.14. The van der Waals surface area contributed by atoms with Gasteiger partial charge in [-0.2, -0.15) is 0 Å². The van der Waals surface area contributed by atoms with E-state index in [2.05, 4.69) is 21.3 Å². The number of nitrogens with two attached hydrogens (primary N) is 1. The summed E-state index contributed by atoms with van der Waals surface area (Å²) in [5.74, 6) is -2.47. The zero-order valence-electron chi connectivity index (χ0n) is 26.3. The van der Waals surface area contributed by atoms with Crippen molar-refractivity contribution in [2.45, 2.75) is 114 Å². The Morgan fingerprint density at radius 3 is 2.36 bits per heavy atom. The van der Waals surface area contributed by atoms with Gasteiger partial charge in [0.2, 0.25) is 29.5 Å². The standard InChI is InChI=1S/C31H47FN6O5S/c1-18(2)11-12-21-27(40)34-22(13-14-25(33)39)28(41)36-23(17-44-20-9-6-8-19(32)16-20)26(30(43)37-31(3,4)5)38-15-7-10-24(38)29(42)35-21/h6,8-9,16,18,21-24,26H,7,10-15,17H2,1-5H3,(H2,33,39)(H,34,40)(H,35,42)(H,36,41)(H,37,43)/t21-,22-,23-,24-,26-/m0/s1. The number of hydrogen-bond donors (Lipinski definition) is 5. The van der Waals surface area contributed by atoms with Crippen LogP contribution in [-0.2, 0) is 24.0 Å². The van der Waals surface area contributed by atoms with Crippen LogP contribution in [0.5, 0.6) is 0 Å². The summed E-state index contributed by atoms with van der Waals surface area (Å²) in [5, 5.41) is 11.6. The van der Waals surface area contributed by atoms with Crippen molar-refractivity contribution in [3.8, 4) is 0 Å². The van der Waals surface area contributed by atoms with Crippen LogP contribution in [0.2, 0.25) is 0 Å². The highest BCUT2D eigenvalue weighted by atomic mass is 32.2. The fraction of sp³-hybridized carbons (Fsp3) is 0.645. The lowest BCUT2D eigenvalue weighted by Crippen LogP contribution is -2.67. The van der Waals surface area contributed by atoms with Crippen molar-refractivity contribution in [3.05, 3.63) is 30.1 Å². The summed E-state index contributed by atoms with van der Waals surface area (Å²) < 4.78 is 14.0. The number of primary amides is 1. The lowest BCUT2D eigenvalue weighted by atomic mass is 9.99. The van der Waals surface area contributed by atoms with E-state index >= 15 is 0 Å². The number of hydrogen-bond acceptors (Lipinski definition) is 7. The van der Waals surface area contributed by atoms with Gasteiger partial charge in [-0.05, 0) is 83.5 Å². The molecule has 0 spiro atoms. The molecule has 2 aliphatic heterocycles. The zero-order valence-corrected chi connectivity index (χ0v) is 27.1. The van der Waals surface area contributed by atoms with Gasteiger partial charge >= 0.3 is 0 Å². The van der Waals surface area contributed by atoms with E-state index in [-0.39, 0.29) is 36.3 Å². The second-order valence-electron chi connectivity index (χ2n) is 13.1. The van der Waals surface area contributed by atoms with Crippen LogP contribution in [-0.4, -0.2) is 82.5 Å². The summed E-state index contributed by atoms with van der Waals surface area (Å²) in [6.07, 6.45) is 1.90. The largest absolute Gasteiger partial charge is 0.370 e. The van der Waals surface area contributed by atoms with Crippen LogP contribution in [0.15, 0.2) is 29.2 Å². The van der Waals surface area contributed by atoms with Crippen LogP contribution < -0.4 is 27.0 Å². The maximum absolute atomic E-state index is 14.0. The number of nitrogens with one attached hydrogen (secondary N) is 4. The van der Waals surface area contributed by atoms with E-state index in [1.54, 1.807) is 12.1 Å². The molecule has 2 aliphatic rings. The predicted octanol–water partition coefficient (Wildman–Crippen LogP) is 1.84. The lowest BCUT2D eigenvalue weighted by molar-refractivity contribution is -0.138. The van der Waals surface area contributed by atoms with Crippen LogP contribution >= 0.6 is 11.8 Å². The molecule has 0 aromatic heterocycles. The molecule has 11 nitrogen and oxygen atoms in total. The second kappa shape index (κ2) is 15.7. The average Bonchev–Trinajstić information content (AvgIpc) is 3.39. The van der Waals surface area contributed by atoms with Crippen LogP contribution in [0, 0.1) is 11.7 Å². The first-order valence-corrected chi connectivity index (χ1v) is 16.3. The molecule has 0 unspecified atom stereocenters. The number of carbonyl (C=O) groups is 5. The molecule has 5 atom stereocenters. The molecule has 0 saturated carbocycles. The van der Waals surface area contributed by atoms with E-state index in [0.717, 1.165) is 0 Å². The van der Waals surface area contributed by atoms with Crippen molar-refractivity contribution in [1.29, 1.82) is 0 Å². The summed E-state index contributed by atoms with van der Waals surface area (Å²) >= 11 is 1.26. The maximum atomic E-state index is 14.0. The monoisotopic (exact) mass is 634 g/mol. The van der Waals surface area contributed by atoms with Crippen LogP contribution in [0.25, 0.3) is 0 Å². The summed E-state index contributed by atoms with van der Waals surface area (Å²) in [4.78, 5) is 69.2. The molecule has 1 aromatic rings. The second-order valence-corrected chi connectivity index (χ2v) is 14.2.